The fourth-order valence-electron chi connectivity index (χ4n) is 1.63. The molecule has 0 aliphatic rings. The van der Waals surface area contributed by atoms with Gasteiger partial charge in [0.25, 0.3) is 0 Å². The van der Waals surface area contributed by atoms with Crippen LogP contribution in [0.25, 0.3) is 10.8 Å². The highest BCUT2D eigenvalue weighted by Crippen LogP contribution is 2.30. The SMILES string of the molecule is COc1c(CCl)ccc2ccccc12. The fourth-order valence-corrected chi connectivity index (χ4v) is 1.84. The van der Waals surface area contributed by atoms with Gasteiger partial charge in [0, 0.05) is 10.9 Å². The maximum Gasteiger partial charge on any atom is 0.131 e. The summed E-state index contributed by atoms with van der Waals surface area (Å²) in [5, 5.41) is 2.30. The molecule has 2 rings (SSSR count). The zero-order valence-corrected chi connectivity index (χ0v) is 8.71. The van der Waals surface area contributed by atoms with E-state index >= 15 is 0 Å². The molecule has 2 aromatic rings. The summed E-state index contributed by atoms with van der Waals surface area (Å²) in [4.78, 5) is 0. The van der Waals surface area contributed by atoms with Gasteiger partial charge in [0.1, 0.15) is 5.75 Å². The highest BCUT2D eigenvalue weighted by molar-refractivity contribution is 6.17. The third kappa shape index (κ3) is 1.44. The Hall–Kier alpha value is -1.21. The molecule has 0 saturated heterocycles. The lowest BCUT2D eigenvalue weighted by atomic mass is 10.1. The minimum Gasteiger partial charge on any atom is -0.496 e. The standard InChI is InChI=1S/C12H11ClO/c1-14-12-10(8-13)7-6-9-4-2-3-5-11(9)12/h2-7H,8H2,1H3. The minimum absolute atomic E-state index is 0.480. The second-order valence-electron chi connectivity index (χ2n) is 3.11. The van der Waals surface area contributed by atoms with Crippen molar-refractivity contribution in [3.05, 3.63) is 42.0 Å². The van der Waals surface area contributed by atoms with E-state index in [1.54, 1.807) is 7.11 Å². The molecule has 14 heavy (non-hydrogen) atoms. The van der Waals surface area contributed by atoms with Gasteiger partial charge in [-0.15, -0.1) is 11.6 Å². The first-order chi connectivity index (χ1) is 6.86. The zero-order chi connectivity index (χ0) is 9.97. The summed E-state index contributed by atoms with van der Waals surface area (Å²) in [7, 11) is 1.68. The first-order valence-corrected chi connectivity index (χ1v) is 5.01. The fraction of sp³-hybridized carbons (Fsp3) is 0.167. The molecule has 0 aromatic heterocycles. The van der Waals surface area contributed by atoms with Crippen LogP contribution in [0.5, 0.6) is 5.75 Å². The molecule has 0 amide bonds. The molecule has 72 valence electrons. The molecule has 0 spiro atoms. The van der Waals surface area contributed by atoms with E-state index in [4.69, 9.17) is 16.3 Å². The minimum atomic E-state index is 0.480. The third-order valence-electron chi connectivity index (χ3n) is 2.31. The van der Waals surface area contributed by atoms with Crippen molar-refractivity contribution in [1.29, 1.82) is 0 Å². The quantitative estimate of drug-likeness (QED) is 0.683. The topological polar surface area (TPSA) is 9.23 Å². The molecule has 0 radical (unpaired) electrons. The van der Waals surface area contributed by atoms with Gasteiger partial charge in [-0.1, -0.05) is 36.4 Å². The summed E-state index contributed by atoms with van der Waals surface area (Å²) < 4.78 is 5.37. The van der Waals surface area contributed by atoms with Crippen LogP contribution in [0.2, 0.25) is 0 Å². The summed E-state index contributed by atoms with van der Waals surface area (Å²) in [5.41, 5.74) is 1.04. The van der Waals surface area contributed by atoms with Gasteiger partial charge >= 0.3 is 0 Å². The van der Waals surface area contributed by atoms with Crippen molar-refractivity contribution in [3.8, 4) is 5.75 Å². The van der Waals surface area contributed by atoms with Crippen molar-refractivity contribution in [2.24, 2.45) is 0 Å². The van der Waals surface area contributed by atoms with Crippen LogP contribution >= 0.6 is 11.6 Å². The van der Waals surface area contributed by atoms with Crippen molar-refractivity contribution < 1.29 is 4.74 Å². The molecular formula is C12H11ClO. The molecule has 0 N–H and O–H groups in total. The van der Waals surface area contributed by atoms with Gasteiger partial charge in [0.2, 0.25) is 0 Å². The van der Waals surface area contributed by atoms with E-state index in [2.05, 4.69) is 12.1 Å². The summed E-state index contributed by atoms with van der Waals surface area (Å²) in [5.74, 6) is 1.37. The van der Waals surface area contributed by atoms with Crippen molar-refractivity contribution in [2.45, 2.75) is 5.88 Å². The van der Waals surface area contributed by atoms with Gasteiger partial charge in [0.05, 0.1) is 13.0 Å². The first-order valence-electron chi connectivity index (χ1n) is 4.47. The van der Waals surface area contributed by atoms with Crippen LogP contribution in [0.3, 0.4) is 0 Å². The first kappa shape index (κ1) is 9.35. The lowest BCUT2D eigenvalue weighted by Gasteiger charge is -2.09. The molecule has 0 aliphatic heterocycles. The highest BCUT2D eigenvalue weighted by atomic mass is 35.5. The average Bonchev–Trinajstić information content (AvgIpc) is 2.27. The van der Waals surface area contributed by atoms with Crippen LogP contribution in [-0.2, 0) is 5.88 Å². The summed E-state index contributed by atoms with van der Waals surface area (Å²) in [6, 6.07) is 12.2. The van der Waals surface area contributed by atoms with E-state index in [0.29, 0.717) is 5.88 Å². The molecule has 2 heteroatoms. The number of methoxy groups -OCH3 is 1. The monoisotopic (exact) mass is 206 g/mol. The van der Waals surface area contributed by atoms with E-state index in [-0.39, 0.29) is 0 Å². The largest absolute Gasteiger partial charge is 0.496 e. The summed E-state index contributed by atoms with van der Waals surface area (Å²) in [6.45, 7) is 0. The van der Waals surface area contributed by atoms with Gasteiger partial charge in [-0.3, -0.25) is 0 Å². The number of ether oxygens (including phenoxy) is 1. The number of halogens is 1. The van der Waals surface area contributed by atoms with Gasteiger partial charge in [0.15, 0.2) is 0 Å². The predicted molar refractivity (Wildman–Crippen MR) is 60.1 cm³/mol. The Morgan fingerprint density at radius 1 is 1.14 bits per heavy atom. The van der Waals surface area contributed by atoms with Crippen LogP contribution < -0.4 is 4.74 Å². The Bertz CT molecular complexity index is 451. The van der Waals surface area contributed by atoms with Crippen molar-refractivity contribution in [1.82, 2.24) is 0 Å². The van der Waals surface area contributed by atoms with Gasteiger partial charge < -0.3 is 4.74 Å². The van der Waals surface area contributed by atoms with Crippen LogP contribution in [0, 0.1) is 0 Å². The van der Waals surface area contributed by atoms with E-state index in [9.17, 15) is 0 Å². The Morgan fingerprint density at radius 3 is 2.64 bits per heavy atom. The van der Waals surface area contributed by atoms with Crippen LogP contribution in [0.1, 0.15) is 5.56 Å². The van der Waals surface area contributed by atoms with Crippen molar-refractivity contribution in [2.75, 3.05) is 7.11 Å². The molecular weight excluding hydrogens is 196 g/mol. The molecule has 0 bridgehead atoms. The Kier molecular flexibility index (Phi) is 2.60. The van der Waals surface area contributed by atoms with Crippen molar-refractivity contribution in [3.63, 3.8) is 0 Å². The normalized spacial score (nSPS) is 10.4. The van der Waals surface area contributed by atoms with Crippen LogP contribution in [0.4, 0.5) is 0 Å². The third-order valence-corrected chi connectivity index (χ3v) is 2.60. The zero-order valence-electron chi connectivity index (χ0n) is 7.96. The van der Waals surface area contributed by atoms with E-state index < -0.39 is 0 Å². The van der Waals surface area contributed by atoms with Gasteiger partial charge in [-0.05, 0) is 5.39 Å². The highest BCUT2D eigenvalue weighted by Gasteiger charge is 2.05. The Labute approximate surface area is 88.3 Å². The Morgan fingerprint density at radius 2 is 1.93 bits per heavy atom. The maximum absolute atomic E-state index is 5.83. The Balaban J connectivity index is 2.77. The summed E-state index contributed by atoms with van der Waals surface area (Å²) in [6.07, 6.45) is 0. The molecule has 0 atom stereocenters. The lowest BCUT2D eigenvalue weighted by molar-refractivity contribution is 0.416. The average molecular weight is 207 g/mol. The second-order valence-corrected chi connectivity index (χ2v) is 3.38. The second kappa shape index (κ2) is 3.89. The van der Waals surface area contributed by atoms with Crippen LogP contribution in [-0.4, -0.2) is 7.11 Å². The molecule has 0 heterocycles. The van der Waals surface area contributed by atoms with Crippen molar-refractivity contribution >= 4 is 22.4 Å². The summed E-state index contributed by atoms with van der Waals surface area (Å²) >= 11 is 5.83. The van der Waals surface area contributed by atoms with E-state index in [0.717, 1.165) is 16.7 Å². The smallest absolute Gasteiger partial charge is 0.131 e. The molecule has 0 unspecified atom stereocenters. The lowest BCUT2D eigenvalue weighted by Crippen LogP contribution is -1.90. The number of hydrogen-bond donors (Lipinski definition) is 0. The number of alkyl halides is 1. The van der Waals surface area contributed by atoms with Crippen LogP contribution in [0.15, 0.2) is 36.4 Å². The van der Waals surface area contributed by atoms with E-state index in [1.807, 2.05) is 24.3 Å². The maximum atomic E-state index is 5.83. The number of benzene rings is 2. The molecule has 2 aromatic carbocycles. The van der Waals surface area contributed by atoms with Gasteiger partial charge in [-0.2, -0.15) is 0 Å². The molecule has 0 fully saturated rings. The number of fused-ring (bicyclic) bond motifs is 1. The van der Waals surface area contributed by atoms with E-state index in [1.165, 1.54) is 5.39 Å². The molecule has 0 saturated carbocycles. The molecule has 1 nitrogen and oxygen atoms in total. The number of rotatable bonds is 2. The van der Waals surface area contributed by atoms with Gasteiger partial charge in [-0.25, -0.2) is 0 Å². The number of hydrogen-bond acceptors (Lipinski definition) is 1. The molecule has 0 aliphatic carbocycles. The predicted octanol–water partition coefficient (Wildman–Crippen LogP) is 3.59.